The molecule has 9 heteroatoms. The number of anilines is 1. The predicted molar refractivity (Wildman–Crippen MR) is 95.0 cm³/mol. The smallest absolute Gasteiger partial charge is 0.256 e. The first-order valence-electron chi connectivity index (χ1n) is 8.31. The molecule has 0 spiro atoms. The Morgan fingerprint density at radius 2 is 2.00 bits per heavy atom. The van der Waals surface area contributed by atoms with Crippen molar-refractivity contribution in [2.75, 3.05) is 5.32 Å². The van der Waals surface area contributed by atoms with Gasteiger partial charge in [0.05, 0.1) is 5.69 Å². The number of H-pyrrole nitrogens is 1. The van der Waals surface area contributed by atoms with Crippen LogP contribution in [0.4, 0.5) is 14.6 Å². The van der Waals surface area contributed by atoms with Gasteiger partial charge in [-0.05, 0) is 31.5 Å². The number of rotatable bonds is 5. The van der Waals surface area contributed by atoms with Crippen LogP contribution in [-0.2, 0) is 6.42 Å². The van der Waals surface area contributed by atoms with E-state index in [1.54, 1.807) is 13.0 Å². The highest BCUT2D eigenvalue weighted by molar-refractivity contribution is 6.03. The van der Waals surface area contributed by atoms with Crippen LogP contribution in [0, 0.1) is 18.6 Å². The molecule has 0 aliphatic heterocycles. The van der Waals surface area contributed by atoms with Gasteiger partial charge in [-0.3, -0.25) is 14.6 Å². The first-order chi connectivity index (χ1) is 12.9. The van der Waals surface area contributed by atoms with Crippen LogP contribution in [0.3, 0.4) is 0 Å². The van der Waals surface area contributed by atoms with E-state index in [4.69, 9.17) is 0 Å². The maximum absolute atomic E-state index is 13.4. The van der Waals surface area contributed by atoms with Crippen LogP contribution >= 0.6 is 0 Å². The molecule has 27 heavy (non-hydrogen) atoms. The van der Waals surface area contributed by atoms with Gasteiger partial charge in [0.15, 0.2) is 11.6 Å². The molecule has 0 unspecified atom stereocenters. The highest BCUT2D eigenvalue weighted by Gasteiger charge is 2.16. The molecule has 3 aromatic rings. The molecule has 1 aromatic carbocycles. The molecule has 2 aromatic heterocycles. The number of carbonyl (C=O) groups excluding carboxylic acids is 1. The van der Waals surface area contributed by atoms with Gasteiger partial charge in [0.2, 0.25) is 5.95 Å². The van der Waals surface area contributed by atoms with Gasteiger partial charge < -0.3 is 5.32 Å². The Labute approximate surface area is 153 Å². The van der Waals surface area contributed by atoms with Gasteiger partial charge in [0.1, 0.15) is 5.82 Å². The summed E-state index contributed by atoms with van der Waals surface area (Å²) >= 11 is 0. The van der Waals surface area contributed by atoms with E-state index in [-0.39, 0.29) is 22.9 Å². The van der Waals surface area contributed by atoms with Crippen molar-refractivity contribution >= 4 is 11.7 Å². The maximum atomic E-state index is 13.4. The number of benzene rings is 1. The molecule has 0 aliphatic carbocycles. The van der Waals surface area contributed by atoms with E-state index >= 15 is 0 Å². The van der Waals surface area contributed by atoms with Crippen LogP contribution in [-0.4, -0.2) is 25.7 Å². The largest absolute Gasteiger partial charge is 0.306 e. The number of aromatic nitrogens is 4. The molecule has 0 bridgehead atoms. The lowest BCUT2D eigenvalue weighted by Gasteiger charge is -2.09. The monoisotopic (exact) mass is 373 g/mol. The fraction of sp³-hybridized carbons (Fsp3) is 0.222. The molecular formula is C18H17F2N5O2. The fourth-order valence-electron chi connectivity index (χ4n) is 2.55. The Morgan fingerprint density at radius 3 is 2.70 bits per heavy atom. The minimum Gasteiger partial charge on any atom is -0.306 e. The first-order valence-corrected chi connectivity index (χ1v) is 8.31. The maximum Gasteiger partial charge on any atom is 0.256 e. The Hall–Kier alpha value is -3.36. The molecule has 0 fully saturated rings. The van der Waals surface area contributed by atoms with E-state index in [0.29, 0.717) is 17.8 Å². The molecule has 140 valence electrons. The summed E-state index contributed by atoms with van der Waals surface area (Å²) in [6.45, 7) is 3.67. The molecular weight excluding hydrogens is 356 g/mol. The molecule has 0 saturated heterocycles. The molecule has 0 atom stereocenters. The van der Waals surface area contributed by atoms with Crippen molar-refractivity contribution in [3.05, 3.63) is 69.3 Å². The number of halogens is 2. The number of hydrogen-bond donors (Lipinski definition) is 2. The zero-order valence-electron chi connectivity index (χ0n) is 14.7. The van der Waals surface area contributed by atoms with Crippen molar-refractivity contribution in [1.29, 1.82) is 0 Å². The minimum absolute atomic E-state index is 0.0551. The molecule has 1 amide bonds. The van der Waals surface area contributed by atoms with Crippen molar-refractivity contribution in [1.82, 2.24) is 19.7 Å². The number of aryl methyl sites for hydroxylation is 2. The van der Waals surface area contributed by atoms with Gasteiger partial charge in [0.25, 0.3) is 11.5 Å². The van der Waals surface area contributed by atoms with Crippen LogP contribution in [0.5, 0.6) is 0 Å². The van der Waals surface area contributed by atoms with Gasteiger partial charge in [-0.1, -0.05) is 13.3 Å². The molecule has 0 radical (unpaired) electrons. The van der Waals surface area contributed by atoms with Crippen molar-refractivity contribution in [3.8, 4) is 5.95 Å². The molecule has 3 rings (SSSR count). The van der Waals surface area contributed by atoms with E-state index in [9.17, 15) is 18.4 Å². The van der Waals surface area contributed by atoms with Crippen LogP contribution in [0.2, 0.25) is 0 Å². The lowest BCUT2D eigenvalue weighted by molar-refractivity contribution is 0.102. The molecule has 7 nitrogen and oxygen atoms in total. The van der Waals surface area contributed by atoms with E-state index in [0.717, 1.165) is 18.6 Å². The van der Waals surface area contributed by atoms with E-state index in [1.807, 2.05) is 6.92 Å². The van der Waals surface area contributed by atoms with Crippen LogP contribution in [0.15, 0.2) is 35.1 Å². The van der Waals surface area contributed by atoms with Gasteiger partial charge in [-0.15, -0.1) is 0 Å². The van der Waals surface area contributed by atoms with E-state index in [1.165, 1.54) is 16.8 Å². The second-order valence-electron chi connectivity index (χ2n) is 5.98. The summed E-state index contributed by atoms with van der Waals surface area (Å²) in [4.78, 5) is 31.2. The highest BCUT2D eigenvalue weighted by Crippen LogP contribution is 2.16. The summed E-state index contributed by atoms with van der Waals surface area (Å²) in [5.74, 6) is -2.42. The Bertz CT molecular complexity index is 1060. The normalized spacial score (nSPS) is 10.8. The highest BCUT2D eigenvalue weighted by atomic mass is 19.2. The summed E-state index contributed by atoms with van der Waals surface area (Å²) < 4.78 is 27.7. The van der Waals surface area contributed by atoms with Crippen molar-refractivity contribution < 1.29 is 13.6 Å². The third-order valence-corrected chi connectivity index (χ3v) is 3.74. The Morgan fingerprint density at radius 1 is 1.22 bits per heavy atom. The van der Waals surface area contributed by atoms with Gasteiger partial charge in [-0.25, -0.2) is 13.8 Å². The number of carbonyl (C=O) groups is 1. The second kappa shape index (κ2) is 7.48. The van der Waals surface area contributed by atoms with E-state index in [2.05, 4.69) is 20.4 Å². The fourth-order valence-corrected chi connectivity index (χ4v) is 2.55. The number of hydrogen-bond acceptors (Lipinski definition) is 4. The zero-order valence-corrected chi connectivity index (χ0v) is 14.7. The second-order valence-corrected chi connectivity index (χ2v) is 5.98. The zero-order chi connectivity index (χ0) is 19.6. The van der Waals surface area contributed by atoms with Gasteiger partial charge >= 0.3 is 0 Å². The van der Waals surface area contributed by atoms with Crippen molar-refractivity contribution in [2.24, 2.45) is 0 Å². The summed E-state index contributed by atoms with van der Waals surface area (Å²) in [6, 6.07) is 5.83. The summed E-state index contributed by atoms with van der Waals surface area (Å²) in [6.07, 6.45) is 1.43. The first kappa shape index (κ1) is 18.4. The van der Waals surface area contributed by atoms with Crippen LogP contribution in [0.25, 0.3) is 5.95 Å². The van der Waals surface area contributed by atoms with Crippen molar-refractivity contribution in [2.45, 2.75) is 26.7 Å². The number of nitrogens with one attached hydrogen (secondary N) is 2. The topological polar surface area (TPSA) is 92.7 Å². The van der Waals surface area contributed by atoms with Crippen LogP contribution in [0.1, 0.15) is 35.1 Å². The molecule has 2 N–H and O–H groups in total. The number of nitrogens with zero attached hydrogens (tertiary/aromatic N) is 3. The summed E-state index contributed by atoms with van der Waals surface area (Å²) in [7, 11) is 0. The molecule has 0 saturated carbocycles. The number of amides is 1. The Balaban J connectivity index is 1.96. The quantitative estimate of drug-likeness (QED) is 0.719. The Kier molecular flexibility index (Phi) is 5.11. The molecule has 0 aliphatic rings. The molecule has 2 heterocycles. The lowest BCUT2D eigenvalue weighted by atomic mass is 10.2. The standard InChI is InChI=1S/C18H17F2N5O2/c1-3-4-12-9-16(26)23-18(21-12)25-15(7-10(2)24-25)22-17(27)11-5-6-13(19)14(20)8-11/h5-9H,3-4H2,1-2H3,(H,22,27)(H,21,23,26). The minimum atomic E-state index is -1.12. The van der Waals surface area contributed by atoms with E-state index < -0.39 is 17.5 Å². The number of aromatic amines is 1. The summed E-state index contributed by atoms with van der Waals surface area (Å²) in [5.41, 5.74) is 0.774. The van der Waals surface area contributed by atoms with Gasteiger partial charge in [0, 0.05) is 23.4 Å². The third kappa shape index (κ3) is 4.08. The van der Waals surface area contributed by atoms with Gasteiger partial charge in [-0.2, -0.15) is 9.78 Å². The summed E-state index contributed by atoms with van der Waals surface area (Å²) in [5, 5.41) is 6.81. The average Bonchev–Trinajstić information content (AvgIpc) is 2.97. The van der Waals surface area contributed by atoms with Crippen molar-refractivity contribution in [3.63, 3.8) is 0 Å². The van der Waals surface area contributed by atoms with Crippen LogP contribution < -0.4 is 10.9 Å². The SMILES string of the molecule is CCCc1cc(=O)[nH]c(-n2nc(C)cc2NC(=O)c2ccc(F)c(F)c2)n1. The lowest BCUT2D eigenvalue weighted by Crippen LogP contribution is -2.19. The third-order valence-electron chi connectivity index (χ3n) is 3.74. The predicted octanol–water partition coefficient (Wildman–Crippen LogP) is 2.75. The average molecular weight is 373 g/mol.